The zero-order chi connectivity index (χ0) is 9.19. The molecule has 1 rings (SSSR count). The largest absolute Gasteiger partial charge is 1.00 e. The third-order valence-corrected chi connectivity index (χ3v) is 1.27. The number of nitrogens with zero attached hydrogens (tertiary/aromatic N) is 1. The predicted molar refractivity (Wildman–Crippen MR) is 34.5 cm³/mol. The quantitative estimate of drug-likeness (QED) is 0.289. The Balaban J connectivity index is 0.00000144. The second-order valence-electron chi connectivity index (χ2n) is 1.78. The van der Waals surface area contributed by atoms with Crippen LogP contribution in [0.4, 0.5) is 4.39 Å². The van der Waals surface area contributed by atoms with Crippen LogP contribution >= 0.6 is 0 Å². The minimum absolute atomic E-state index is 0. The van der Waals surface area contributed by atoms with E-state index in [1.54, 1.807) is 0 Å². The van der Waals surface area contributed by atoms with Crippen molar-refractivity contribution < 1.29 is 40.4 Å². The number of rotatable bonds is 2. The first kappa shape index (κ1) is 12.4. The van der Waals surface area contributed by atoms with E-state index in [9.17, 15) is 17.4 Å². The van der Waals surface area contributed by atoms with E-state index in [4.69, 9.17) is 0 Å². The van der Waals surface area contributed by atoms with E-state index in [0.29, 0.717) is 0 Å². The zero-order valence-corrected chi connectivity index (χ0v) is 7.41. The third-order valence-electron chi connectivity index (χ3n) is 0.906. The molecule has 8 heteroatoms. The molecule has 0 aliphatic rings. The molecule has 1 aromatic heterocycles. The standard InChI is InChI=1S/C5H4FNO4S.Li/c6-4-2-1-3-7-5(4)11-12(8,9)10;/h1-3H,(H,8,9,10);/q;+1/p-1. The molecule has 1 heterocycles. The summed E-state index contributed by atoms with van der Waals surface area (Å²) in [5.41, 5.74) is 0. The van der Waals surface area contributed by atoms with E-state index in [-0.39, 0.29) is 18.9 Å². The van der Waals surface area contributed by atoms with Gasteiger partial charge in [-0.05, 0) is 12.1 Å². The van der Waals surface area contributed by atoms with Gasteiger partial charge in [-0.15, -0.1) is 0 Å². The van der Waals surface area contributed by atoms with Crippen molar-refractivity contribution in [2.24, 2.45) is 0 Å². The van der Waals surface area contributed by atoms with Gasteiger partial charge in [0.25, 0.3) is 16.3 Å². The van der Waals surface area contributed by atoms with Crippen LogP contribution in [0.15, 0.2) is 18.3 Å². The molecule has 0 aromatic carbocycles. The van der Waals surface area contributed by atoms with E-state index in [1.807, 2.05) is 0 Å². The molecule has 0 aliphatic carbocycles. The zero-order valence-electron chi connectivity index (χ0n) is 6.60. The third kappa shape index (κ3) is 4.24. The molecular weight excluding hydrogens is 196 g/mol. The molecule has 0 unspecified atom stereocenters. The molecule has 66 valence electrons. The molecular formula is C5H3FLiNO4S. The molecule has 0 atom stereocenters. The Morgan fingerprint density at radius 2 is 2.15 bits per heavy atom. The van der Waals surface area contributed by atoms with Crippen LogP contribution in [0.2, 0.25) is 0 Å². The average Bonchev–Trinajstić information content (AvgIpc) is 1.91. The van der Waals surface area contributed by atoms with Crippen LogP contribution < -0.4 is 23.0 Å². The smallest absolute Gasteiger partial charge is 0.716 e. The summed E-state index contributed by atoms with van der Waals surface area (Å²) < 4.78 is 46.1. The van der Waals surface area contributed by atoms with Crippen molar-refractivity contribution in [2.45, 2.75) is 0 Å². The summed E-state index contributed by atoms with van der Waals surface area (Å²) in [6.07, 6.45) is 1.10. The van der Waals surface area contributed by atoms with Crippen LogP contribution in [0.5, 0.6) is 5.88 Å². The van der Waals surface area contributed by atoms with Crippen LogP contribution in [-0.4, -0.2) is 18.0 Å². The van der Waals surface area contributed by atoms with Gasteiger partial charge in [-0.2, -0.15) is 0 Å². The molecule has 0 bridgehead atoms. The second kappa shape index (κ2) is 4.58. The van der Waals surface area contributed by atoms with Crippen molar-refractivity contribution >= 4 is 10.4 Å². The fourth-order valence-corrected chi connectivity index (χ4v) is 0.845. The van der Waals surface area contributed by atoms with E-state index >= 15 is 0 Å². The van der Waals surface area contributed by atoms with Crippen LogP contribution in [0.3, 0.4) is 0 Å². The van der Waals surface area contributed by atoms with Crippen LogP contribution in [0.25, 0.3) is 0 Å². The van der Waals surface area contributed by atoms with Crippen molar-refractivity contribution in [3.05, 3.63) is 24.1 Å². The summed E-state index contributed by atoms with van der Waals surface area (Å²) >= 11 is 0. The van der Waals surface area contributed by atoms with Gasteiger partial charge in [0.2, 0.25) is 0 Å². The summed E-state index contributed by atoms with van der Waals surface area (Å²) in [4.78, 5) is 3.19. The fraction of sp³-hybridized carbons (Fsp3) is 0. The molecule has 0 aliphatic heterocycles. The SMILES string of the molecule is O=S(=O)([O-])Oc1ncccc1F.[Li+]. The fourth-order valence-electron chi connectivity index (χ4n) is 0.529. The minimum atomic E-state index is -4.95. The maximum absolute atomic E-state index is 12.5. The molecule has 0 spiro atoms. The van der Waals surface area contributed by atoms with Crippen molar-refractivity contribution in [1.29, 1.82) is 0 Å². The molecule has 0 saturated heterocycles. The van der Waals surface area contributed by atoms with Gasteiger partial charge in [-0.1, -0.05) is 0 Å². The van der Waals surface area contributed by atoms with Gasteiger partial charge in [0, 0.05) is 6.20 Å². The number of hydrogen-bond donors (Lipinski definition) is 0. The van der Waals surface area contributed by atoms with Gasteiger partial charge in [0.15, 0.2) is 5.82 Å². The maximum Gasteiger partial charge on any atom is 1.00 e. The first-order valence-corrected chi connectivity index (χ1v) is 4.08. The Morgan fingerprint density at radius 1 is 1.54 bits per heavy atom. The van der Waals surface area contributed by atoms with Gasteiger partial charge in [0.05, 0.1) is 0 Å². The number of pyridine rings is 1. The minimum Gasteiger partial charge on any atom is -0.716 e. The average molecular weight is 199 g/mol. The van der Waals surface area contributed by atoms with Crippen molar-refractivity contribution in [2.75, 3.05) is 0 Å². The molecule has 5 nitrogen and oxygen atoms in total. The Morgan fingerprint density at radius 3 is 2.62 bits per heavy atom. The molecule has 0 radical (unpaired) electrons. The van der Waals surface area contributed by atoms with E-state index in [2.05, 4.69) is 9.17 Å². The normalized spacial score (nSPS) is 10.3. The Bertz CT molecular complexity index is 382. The topological polar surface area (TPSA) is 79.3 Å². The van der Waals surface area contributed by atoms with Crippen molar-refractivity contribution in [3.63, 3.8) is 0 Å². The van der Waals surface area contributed by atoms with E-state index in [1.165, 1.54) is 6.07 Å². The van der Waals surface area contributed by atoms with Gasteiger partial charge >= 0.3 is 18.9 Å². The molecule has 13 heavy (non-hydrogen) atoms. The monoisotopic (exact) mass is 199 g/mol. The van der Waals surface area contributed by atoms with Gasteiger partial charge in [0.1, 0.15) is 0 Å². The molecule has 0 N–H and O–H groups in total. The summed E-state index contributed by atoms with van der Waals surface area (Å²) in [6, 6.07) is 2.16. The number of hydrogen-bond acceptors (Lipinski definition) is 5. The van der Waals surface area contributed by atoms with Gasteiger partial charge < -0.3 is 8.74 Å². The Hall–Kier alpha value is -0.613. The maximum atomic E-state index is 12.5. The van der Waals surface area contributed by atoms with Crippen LogP contribution in [0, 0.1) is 5.82 Å². The summed E-state index contributed by atoms with van der Waals surface area (Å²) in [6.45, 7) is 0. The second-order valence-corrected chi connectivity index (χ2v) is 2.77. The molecule has 0 saturated carbocycles. The van der Waals surface area contributed by atoms with Crippen LogP contribution in [-0.2, 0) is 10.4 Å². The van der Waals surface area contributed by atoms with Crippen LogP contribution in [0.1, 0.15) is 0 Å². The van der Waals surface area contributed by atoms with Gasteiger partial charge in [-0.25, -0.2) is 17.8 Å². The Kier molecular flexibility index (Phi) is 4.36. The van der Waals surface area contributed by atoms with E-state index < -0.39 is 22.1 Å². The van der Waals surface area contributed by atoms with Crippen molar-refractivity contribution in [3.8, 4) is 5.88 Å². The van der Waals surface area contributed by atoms with Crippen molar-refractivity contribution in [1.82, 2.24) is 4.98 Å². The molecule has 1 aromatic rings. The Labute approximate surface area is 86.1 Å². The van der Waals surface area contributed by atoms with E-state index in [0.717, 1.165) is 12.3 Å². The predicted octanol–water partition coefficient (Wildman–Crippen LogP) is -2.94. The molecule has 0 fully saturated rings. The summed E-state index contributed by atoms with van der Waals surface area (Å²) in [7, 11) is -4.95. The first-order valence-electron chi connectivity index (χ1n) is 2.75. The summed E-state index contributed by atoms with van der Waals surface area (Å²) in [5, 5.41) is 0. The van der Waals surface area contributed by atoms with Gasteiger partial charge in [-0.3, -0.25) is 0 Å². The summed E-state index contributed by atoms with van der Waals surface area (Å²) in [5.74, 6) is -1.84. The number of halogens is 1. The number of aromatic nitrogens is 1. The molecule has 0 amide bonds. The first-order chi connectivity index (χ1) is 5.49.